The zero-order valence-corrected chi connectivity index (χ0v) is 11.1. The molecule has 2 N–H and O–H groups in total. The van der Waals surface area contributed by atoms with Gasteiger partial charge in [-0.25, -0.2) is 0 Å². The molecular formula is C13H19NO2S. The molecular weight excluding hydrogens is 234 g/mol. The third-order valence-corrected chi connectivity index (χ3v) is 3.14. The van der Waals surface area contributed by atoms with Crippen molar-refractivity contribution in [2.75, 3.05) is 12.0 Å². The van der Waals surface area contributed by atoms with Crippen molar-refractivity contribution in [1.82, 2.24) is 0 Å². The lowest BCUT2D eigenvalue weighted by Crippen LogP contribution is -2.33. The zero-order valence-electron chi connectivity index (χ0n) is 10.3. The minimum absolute atomic E-state index is 0.246. The largest absolute Gasteiger partial charge is 0.457 e. The second-order valence-electron chi connectivity index (χ2n) is 3.88. The summed E-state index contributed by atoms with van der Waals surface area (Å²) in [6, 6.07) is 9.13. The number of carbonyl (C=O) groups is 1. The predicted octanol–water partition coefficient (Wildman–Crippen LogP) is 2.37. The molecule has 0 aliphatic heterocycles. The van der Waals surface area contributed by atoms with Crippen LogP contribution in [0.15, 0.2) is 30.3 Å². The van der Waals surface area contributed by atoms with Crippen molar-refractivity contribution in [2.45, 2.75) is 25.5 Å². The molecule has 17 heavy (non-hydrogen) atoms. The highest BCUT2D eigenvalue weighted by molar-refractivity contribution is 7.98. The zero-order chi connectivity index (χ0) is 12.7. The van der Waals surface area contributed by atoms with Gasteiger partial charge in [0.1, 0.15) is 12.1 Å². The van der Waals surface area contributed by atoms with Crippen molar-refractivity contribution in [1.29, 1.82) is 0 Å². The molecule has 1 aromatic carbocycles. The number of benzene rings is 1. The maximum atomic E-state index is 11.7. The van der Waals surface area contributed by atoms with E-state index in [0.29, 0.717) is 6.42 Å². The third-order valence-electron chi connectivity index (χ3n) is 2.50. The van der Waals surface area contributed by atoms with E-state index in [1.54, 1.807) is 11.8 Å². The topological polar surface area (TPSA) is 52.3 Å². The van der Waals surface area contributed by atoms with Gasteiger partial charge in [-0.2, -0.15) is 11.8 Å². The molecule has 0 bridgehead atoms. The van der Waals surface area contributed by atoms with Crippen LogP contribution in [0.4, 0.5) is 0 Å². The van der Waals surface area contributed by atoms with Crippen LogP contribution in [0.3, 0.4) is 0 Å². The number of ether oxygens (including phenoxy) is 1. The van der Waals surface area contributed by atoms with Crippen LogP contribution in [0.2, 0.25) is 0 Å². The summed E-state index contributed by atoms with van der Waals surface area (Å²) >= 11 is 1.67. The first-order chi connectivity index (χ1) is 8.15. The van der Waals surface area contributed by atoms with Crippen molar-refractivity contribution in [3.63, 3.8) is 0 Å². The number of thioether (sulfide) groups is 1. The van der Waals surface area contributed by atoms with Gasteiger partial charge < -0.3 is 10.5 Å². The molecule has 0 aliphatic rings. The predicted molar refractivity (Wildman–Crippen MR) is 71.9 cm³/mol. The van der Waals surface area contributed by atoms with Crippen LogP contribution in [0.1, 0.15) is 25.0 Å². The first-order valence-corrected chi connectivity index (χ1v) is 7.04. The van der Waals surface area contributed by atoms with Crippen LogP contribution in [-0.4, -0.2) is 24.0 Å². The Hall–Kier alpha value is -1.00. The normalized spacial score (nSPS) is 14.1. The van der Waals surface area contributed by atoms with Gasteiger partial charge in [-0.1, -0.05) is 30.3 Å². The highest BCUT2D eigenvalue weighted by Crippen LogP contribution is 2.16. The summed E-state index contributed by atoms with van der Waals surface area (Å²) in [7, 11) is 0. The van der Waals surface area contributed by atoms with Gasteiger partial charge in [0.05, 0.1) is 0 Å². The fourth-order valence-corrected chi connectivity index (χ4v) is 1.91. The lowest BCUT2D eigenvalue weighted by atomic mass is 10.1. The third kappa shape index (κ3) is 4.79. The Balaban J connectivity index is 2.46. The molecule has 0 radical (unpaired) electrons. The standard InChI is InChI=1S/C13H19NO2S/c1-10(11-6-4-3-5-7-11)16-13(15)12(14)8-9-17-2/h3-7,10,12H,8-9,14H2,1-2H3/t10-,12?/m0/s1. The van der Waals surface area contributed by atoms with Crippen LogP contribution in [0, 0.1) is 0 Å². The lowest BCUT2D eigenvalue weighted by Gasteiger charge is -2.16. The summed E-state index contributed by atoms with van der Waals surface area (Å²) < 4.78 is 5.32. The quantitative estimate of drug-likeness (QED) is 0.791. The number of hydrogen-bond acceptors (Lipinski definition) is 4. The van der Waals surface area contributed by atoms with Gasteiger partial charge >= 0.3 is 5.97 Å². The van der Waals surface area contributed by atoms with E-state index in [2.05, 4.69) is 0 Å². The van der Waals surface area contributed by atoms with Crippen LogP contribution < -0.4 is 5.73 Å². The minimum atomic E-state index is -0.520. The number of carbonyl (C=O) groups excluding carboxylic acids is 1. The lowest BCUT2D eigenvalue weighted by molar-refractivity contribution is -0.150. The molecule has 94 valence electrons. The maximum Gasteiger partial charge on any atom is 0.323 e. The second-order valence-corrected chi connectivity index (χ2v) is 4.86. The van der Waals surface area contributed by atoms with Gasteiger partial charge in [0.2, 0.25) is 0 Å². The summed E-state index contributed by atoms with van der Waals surface area (Å²) in [5.74, 6) is 0.547. The molecule has 0 amide bonds. The van der Waals surface area contributed by atoms with Gasteiger partial charge in [-0.3, -0.25) is 4.79 Å². The van der Waals surface area contributed by atoms with E-state index in [4.69, 9.17) is 10.5 Å². The number of esters is 1. The first kappa shape index (κ1) is 14.1. The molecule has 0 heterocycles. The smallest absolute Gasteiger partial charge is 0.323 e. The van der Waals surface area contributed by atoms with Gasteiger partial charge in [0, 0.05) is 0 Å². The molecule has 0 aromatic heterocycles. The number of nitrogens with two attached hydrogens (primary N) is 1. The van der Waals surface area contributed by atoms with Gasteiger partial charge in [-0.15, -0.1) is 0 Å². The Bertz CT molecular complexity index is 343. The van der Waals surface area contributed by atoms with Crippen molar-refractivity contribution >= 4 is 17.7 Å². The summed E-state index contributed by atoms with van der Waals surface area (Å²) in [5, 5.41) is 0. The van der Waals surface area contributed by atoms with E-state index in [1.807, 2.05) is 43.5 Å². The molecule has 0 spiro atoms. The first-order valence-electron chi connectivity index (χ1n) is 5.65. The van der Waals surface area contributed by atoms with Crippen molar-refractivity contribution in [2.24, 2.45) is 5.73 Å². The van der Waals surface area contributed by atoms with E-state index in [9.17, 15) is 4.79 Å². The van der Waals surface area contributed by atoms with Crippen molar-refractivity contribution in [3.8, 4) is 0 Å². The van der Waals surface area contributed by atoms with E-state index in [0.717, 1.165) is 11.3 Å². The average Bonchev–Trinajstić information content (AvgIpc) is 2.36. The molecule has 0 saturated carbocycles. The number of rotatable bonds is 6. The Labute approximate surface area is 107 Å². The van der Waals surface area contributed by atoms with Gasteiger partial charge in [0.25, 0.3) is 0 Å². The van der Waals surface area contributed by atoms with E-state index in [1.165, 1.54) is 0 Å². The highest BCUT2D eigenvalue weighted by atomic mass is 32.2. The van der Waals surface area contributed by atoms with E-state index in [-0.39, 0.29) is 12.1 Å². The van der Waals surface area contributed by atoms with Crippen LogP contribution in [0.5, 0.6) is 0 Å². The van der Waals surface area contributed by atoms with E-state index < -0.39 is 6.04 Å². The number of hydrogen-bond donors (Lipinski definition) is 1. The Morgan fingerprint density at radius 3 is 2.65 bits per heavy atom. The molecule has 3 nitrogen and oxygen atoms in total. The van der Waals surface area contributed by atoms with E-state index >= 15 is 0 Å². The SMILES string of the molecule is CSCCC(N)C(=O)O[C@@H](C)c1ccccc1. The van der Waals surface area contributed by atoms with Crippen LogP contribution >= 0.6 is 11.8 Å². The molecule has 0 aliphatic carbocycles. The molecule has 1 rings (SSSR count). The van der Waals surface area contributed by atoms with Crippen LogP contribution in [-0.2, 0) is 9.53 Å². The summed E-state index contributed by atoms with van der Waals surface area (Å²) in [6.07, 6.45) is 2.40. The molecule has 0 fully saturated rings. The van der Waals surface area contributed by atoms with Crippen LogP contribution in [0.25, 0.3) is 0 Å². The minimum Gasteiger partial charge on any atom is -0.457 e. The molecule has 4 heteroatoms. The average molecular weight is 253 g/mol. The highest BCUT2D eigenvalue weighted by Gasteiger charge is 2.18. The van der Waals surface area contributed by atoms with Gasteiger partial charge in [-0.05, 0) is 30.9 Å². The van der Waals surface area contributed by atoms with Gasteiger partial charge in [0.15, 0.2) is 0 Å². The molecule has 1 unspecified atom stereocenters. The molecule has 2 atom stereocenters. The Kier molecular flexibility index (Phi) is 6.08. The Morgan fingerprint density at radius 1 is 1.41 bits per heavy atom. The molecule has 0 saturated heterocycles. The maximum absolute atomic E-state index is 11.7. The van der Waals surface area contributed by atoms with Crippen molar-refractivity contribution < 1.29 is 9.53 Å². The fraction of sp³-hybridized carbons (Fsp3) is 0.462. The summed E-state index contributed by atoms with van der Waals surface area (Å²) in [6.45, 7) is 1.86. The van der Waals surface area contributed by atoms with Crippen molar-refractivity contribution in [3.05, 3.63) is 35.9 Å². The monoisotopic (exact) mass is 253 g/mol. The Morgan fingerprint density at radius 2 is 2.06 bits per heavy atom. The summed E-state index contributed by atoms with van der Waals surface area (Å²) in [5.41, 5.74) is 6.73. The second kappa shape index (κ2) is 7.35. The summed E-state index contributed by atoms with van der Waals surface area (Å²) in [4.78, 5) is 11.7. The fourth-order valence-electron chi connectivity index (χ4n) is 1.42. The molecule has 1 aromatic rings.